The number of hydroxylamine groups is 1. The zero-order valence-electron chi connectivity index (χ0n) is 22.3. The summed E-state index contributed by atoms with van der Waals surface area (Å²) in [6.07, 6.45) is 4.84. The highest BCUT2D eigenvalue weighted by Crippen LogP contribution is 2.26. The summed E-state index contributed by atoms with van der Waals surface area (Å²) >= 11 is 0. The van der Waals surface area contributed by atoms with E-state index >= 15 is 0 Å². The maximum Gasteiger partial charge on any atom is 0.274 e. The van der Waals surface area contributed by atoms with Crippen molar-refractivity contribution in [3.63, 3.8) is 0 Å². The van der Waals surface area contributed by atoms with Crippen LogP contribution in [0.25, 0.3) is 16.8 Å². The Balaban J connectivity index is 1.43. The monoisotopic (exact) mass is 532 g/mol. The van der Waals surface area contributed by atoms with Crippen molar-refractivity contribution in [3.8, 4) is 5.75 Å². The van der Waals surface area contributed by atoms with Crippen LogP contribution < -0.4 is 15.5 Å². The van der Waals surface area contributed by atoms with Gasteiger partial charge in [-0.25, -0.2) is 10.3 Å². The van der Waals surface area contributed by atoms with Gasteiger partial charge in [0.15, 0.2) is 6.29 Å². The first-order valence-electron chi connectivity index (χ1n) is 13.5. The minimum atomic E-state index is -0.416. The highest BCUT2D eigenvalue weighted by molar-refractivity contribution is 5.98. The summed E-state index contributed by atoms with van der Waals surface area (Å²) in [5, 5.41) is 5.00. The fourth-order valence-electron chi connectivity index (χ4n) is 4.20. The maximum atomic E-state index is 13.1. The van der Waals surface area contributed by atoms with Crippen LogP contribution in [0.1, 0.15) is 48.5 Å². The van der Waals surface area contributed by atoms with Crippen LogP contribution in [0, 0.1) is 0 Å². The summed E-state index contributed by atoms with van der Waals surface area (Å²) in [5.74, 6) is 0.137. The van der Waals surface area contributed by atoms with Crippen LogP contribution in [0.2, 0.25) is 0 Å². The van der Waals surface area contributed by atoms with Crippen molar-refractivity contribution in [3.05, 3.63) is 83.4 Å². The molecule has 8 nitrogen and oxygen atoms in total. The average molecular weight is 533 g/mol. The lowest BCUT2D eigenvalue weighted by Crippen LogP contribution is -2.33. The molecular weight excluding hydrogens is 496 g/mol. The molecule has 0 spiro atoms. The molecule has 1 aliphatic rings. The SMILES string of the molecule is CCOCCCNC(=O)C(=Cc1ccc(C(=O)NOC2CCCCO2)cc1)COc1cccc2ccccc12. The average Bonchev–Trinajstić information content (AvgIpc) is 2.98. The van der Waals surface area contributed by atoms with Gasteiger partial charge in [-0.2, -0.15) is 0 Å². The maximum absolute atomic E-state index is 13.1. The Morgan fingerprint density at radius 2 is 1.85 bits per heavy atom. The standard InChI is InChI=1S/C31H36N2O6/c1-2-36-19-8-18-32-30(34)26(22-38-28-12-7-10-24-9-3-4-11-27(24)28)21-23-14-16-25(17-15-23)31(35)33-39-29-13-5-6-20-37-29/h3-4,7,9-12,14-17,21,29H,2,5-6,8,13,18-20,22H2,1H3,(H,32,34)(H,33,35). The lowest BCUT2D eigenvalue weighted by atomic mass is 10.1. The summed E-state index contributed by atoms with van der Waals surface area (Å²) < 4.78 is 17.0. The van der Waals surface area contributed by atoms with Gasteiger partial charge in [0.25, 0.3) is 11.8 Å². The quantitative estimate of drug-likeness (QED) is 0.182. The topological polar surface area (TPSA) is 95.1 Å². The third-order valence-electron chi connectivity index (χ3n) is 6.31. The number of carbonyl (C=O) groups is 2. The molecule has 3 aromatic rings. The molecule has 0 saturated carbocycles. The largest absolute Gasteiger partial charge is 0.488 e. The molecule has 2 N–H and O–H groups in total. The normalized spacial score (nSPS) is 15.6. The number of rotatable bonds is 13. The predicted octanol–water partition coefficient (Wildman–Crippen LogP) is 5.03. The molecule has 0 bridgehead atoms. The minimum Gasteiger partial charge on any atom is -0.488 e. The van der Waals surface area contributed by atoms with Crippen molar-refractivity contribution in [1.29, 1.82) is 0 Å². The van der Waals surface area contributed by atoms with Gasteiger partial charge >= 0.3 is 0 Å². The number of carbonyl (C=O) groups excluding carboxylic acids is 2. The van der Waals surface area contributed by atoms with Crippen LogP contribution in [0.15, 0.2) is 72.3 Å². The second kappa shape index (κ2) is 15.0. The molecule has 1 fully saturated rings. The van der Waals surface area contributed by atoms with Gasteiger partial charge in [0, 0.05) is 43.7 Å². The van der Waals surface area contributed by atoms with E-state index in [9.17, 15) is 9.59 Å². The van der Waals surface area contributed by atoms with Crippen molar-refractivity contribution in [1.82, 2.24) is 10.8 Å². The van der Waals surface area contributed by atoms with Crippen LogP contribution in [0.4, 0.5) is 0 Å². The smallest absolute Gasteiger partial charge is 0.274 e. The van der Waals surface area contributed by atoms with Gasteiger partial charge in [0.2, 0.25) is 0 Å². The second-order valence-corrected chi connectivity index (χ2v) is 9.21. The van der Waals surface area contributed by atoms with E-state index in [1.54, 1.807) is 30.3 Å². The zero-order chi connectivity index (χ0) is 27.3. The molecule has 3 aromatic carbocycles. The Bertz CT molecular complexity index is 1250. The molecule has 1 atom stereocenters. The van der Waals surface area contributed by atoms with Gasteiger partial charge in [-0.15, -0.1) is 0 Å². The van der Waals surface area contributed by atoms with Crippen LogP contribution in [-0.4, -0.2) is 51.1 Å². The number of benzene rings is 3. The van der Waals surface area contributed by atoms with Gasteiger partial charge in [-0.05, 0) is 61.4 Å². The van der Waals surface area contributed by atoms with Crippen LogP contribution >= 0.6 is 0 Å². The Hall–Kier alpha value is -3.72. The number of hydrogen-bond acceptors (Lipinski definition) is 6. The third kappa shape index (κ3) is 8.64. The molecule has 0 aliphatic carbocycles. The van der Waals surface area contributed by atoms with E-state index in [1.807, 2.05) is 49.4 Å². The number of ether oxygens (including phenoxy) is 3. The lowest BCUT2D eigenvalue weighted by molar-refractivity contribution is -0.186. The lowest BCUT2D eigenvalue weighted by Gasteiger charge is -2.22. The van der Waals surface area contributed by atoms with Gasteiger partial charge in [-0.1, -0.05) is 48.5 Å². The van der Waals surface area contributed by atoms with E-state index in [-0.39, 0.29) is 18.4 Å². The Morgan fingerprint density at radius 3 is 2.64 bits per heavy atom. The minimum absolute atomic E-state index is 0.0861. The zero-order valence-corrected chi connectivity index (χ0v) is 22.3. The molecule has 1 saturated heterocycles. The van der Waals surface area contributed by atoms with E-state index in [0.717, 1.165) is 42.0 Å². The molecular formula is C31H36N2O6. The van der Waals surface area contributed by atoms with E-state index in [1.165, 1.54) is 0 Å². The Labute approximate surface area is 229 Å². The van der Waals surface area contributed by atoms with Crippen molar-refractivity contribution in [2.45, 2.75) is 38.9 Å². The first-order valence-corrected chi connectivity index (χ1v) is 13.5. The first-order chi connectivity index (χ1) is 19.1. The van der Waals surface area contributed by atoms with Gasteiger partial charge in [0.1, 0.15) is 12.4 Å². The first kappa shape index (κ1) is 28.3. The fourth-order valence-corrected chi connectivity index (χ4v) is 4.20. The number of amides is 2. The molecule has 0 radical (unpaired) electrons. The fraction of sp³-hybridized carbons (Fsp3) is 0.355. The summed E-state index contributed by atoms with van der Waals surface area (Å²) in [6, 6.07) is 20.8. The van der Waals surface area contributed by atoms with Gasteiger partial charge in [-0.3, -0.25) is 9.59 Å². The predicted molar refractivity (Wildman–Crippen MR) is 150 cm³/mol. The molecule has 1 unspecified atom stereocenters. The number of fused-ring (bicyclic) bond motifs is 1. The molecule has 1 heterocycles. The van der Waals surface area contributed by atoms with Gasteiger partial charge in [0.05, 0.1) is 5.57 Å². The van der Waals surface area contributed by atoms with Crippen molar-refractivity contribution >= 4 is 28.7 Å². The van der Waals surface area contributed by atoms with E-state index in [4.69, 9.17) is 19.0 Å². The molecule has 206 valence electrons. The Kier molecular flexibility index (Phi) is 10.9. The summed E-state index contributed by atoms with van der Waals surface area (Å²) in [4.78, 5) is 31.0. The summed E-state index contributed by atoms with van der Waals surface area (Å²) in [7, 11) is 0. The van der Waals surface area contributed by atoms with Gasteiger partial charge < -0.3 is 19.5 Å². The molecule has 2 amide bonds. The molecule has 0 aromatic heterocycles. The van der Waals surface area contributed by atoms with Crippen LogP contribution in [0.5, 0.6) is 5.75 Å². The van der Waals surface area contributed by atoms with E-state index < -0.39 is 6.29 Å². The number of nitrogens with one attached hydrogen (secondary N) is 2. The third-order valence-corrected chi connectivity index (χ3v) is 6.31. The summed E-state index contributed by atoms with van der Waals surface area (Å²) in [6.45, 7) is 4.39. The van der Waals surface area contributed by atoms with Crippen molar-refractivity contribution < 1.29 is 28.6 Å². The molecule has 8 heteroatoms. The second-order valence-electron chi connectivity index (χ2n) is 9.21. The van der Waals surface area contributed by atoms with Crippen molar-refractivity contribution in [2.24, 2.45) is 0 Å². The highest BCUT2D eigenvalue weighted by Gasteiger charge is 2.17. The molecule has 39 heavy (non-hydrogen) atoms. The highest BCUT2D eigenvalue weighted by atomic mass is 16.8. The molecule has 4 rings (SSSR count). The van der Waals surface area contributed by atoms with E-state index in [2.05, 4.69) is 10.8 Å². The summed E-state index contributed by atoms with van der Waals surface area (Å²) in [5.41, 5.74) is 4.14. The van der Waals surface area contributed by atoms with E-state index in [0.29, 0.717) is 43.3 Å². The van der Waals surface area contributed by atoms with Crippen LogP contribution in [0.3, 0.4) is 0 Å². The number of hydrogen-bond donors (Lipinski definition) is 2. The molecule has 1 aliphatic heterocycles. The Morgan fingerprint density at radius 1 is 1.03 bits per heavy atom. The van der Waals surface area contributed by atoms with Crippen LogP contribution in [-0.2, 0) is 19.1 Å². The van der Waals surface area contributed by atoms with Crippen molar-refractivity contribution in [2.75, 3.05) is 33.0 Å².